The summed E-state index contributed by atoms with van der Waals surface area (Å²) >= 11 is 6.74. The zero-order valence-corrected chi connectivity index (χ0v) is 9.28. The van der Waals surface area contributed by atoms with Gasteiger partial charge in [-0.15, -0.1) is 23.4 Å². The molecule has 0 heterocycles. The van der Waals surface area contributed by atoms with Crippen molar-refractivity contribution in [3.8, 4) is 0 Å². The Morgan fingerprint density at radius 1 is 1.54 bits per heavy atom. The third-order valence-corrected chi connectivity index (χ3v) is 2.39. The van der Waals surface area contributed by atoms with E-state index in [0.717, 1.165) is 5.75 Å². The van der Waals surface area contributed by atoms with Gasteiger partial charge in [-0.25, -0.2) is 0 Å². The van der Waals surface area contributed by atoms with Gasteiger partial charge in [-0.1, -0.05) is 6.92 Å². The van der Waals surface area contributed by atoms with Gasteiger partial charge in [0, 0.05) is 0 Å². The molecule has 1 unspecified atom stereocenters. The lowest BCUT2D eigenvalue weighted by molar-refractivity contribution is -0.146. The zero-order chi connectivity index (χ0) is 10.3. The number of hydrogen-bond acceptors (Lipinski definition) is 4. The number of esters is 1. The SMILES string of the molecule is CCSC(C)OC(=O)CC(=O)CCl. The van der Waals surface area contributed by atoms with Crippen LogP contribution in [-0.4, -0.2) is 28.8 Å². The molecule has 0 saturated carbocycles. The van der Waals surface area contributed by atoms with Crippen LogP contribution in [0, 0.1) is 0 Å². The van der Waals surface area contributed by atoms with Crippen LogP contribution < -0.4 is 0 Å². The average molecular weight is 225 g/mol. The monoisotopic (exact) mass is 224 g/mol. The quantitative estimate of drug-likeness (QED) is 0.299. The van der Waals surface area contributed by atoms with E-state index in [1.807, 2.05) is 6.92 Å². The van der Waals surface area contributed by atoms with E-state index in [1.54, 1.807) is 6.92 Å². The molecule has 0 aromatic carbocycles. The third-order valence-electron chi connectivity index (χ3n) is 1.19. The van der Waals surface area contributed by atoms with Gasteiger partial charge >= 0.3 is 5.97 Å². The second-order valence-corrected chi connectivity index (χ2v) is 4.20. The molecular weight excluding hydrogens is 212 g/mol. The van der Waals surface area contributed by atoms with Crippen LogP contribution in [0.2, 0.25) is 0 Å². The molecule has 0 amide bonds. The van der Waals surface area contributed by atoms with E-state index in [1.165, 1.54) is 11.8 Å². The van der Waals surface area contributed by atoms with Gasteiger partial charge in [0.15, 0.2) is 5.78 Å². The molecule has 0 aliphatic carbocycles. The lowest BCUT2D eigenvalue weighted by Gasteiger charge is -2.10. The number of Topliss-reactive ketones (excluding diaryl/α,β-unsaturated/α-hetero) is 1. The van der Waals surface area contributed by atoms with Crippen LogP contribution in [-0.2, 0) is 14.3 Å². The molecule has 0 aliphatic heterocycles. The van der Waals surface area contributed by atoms with Crippen molar-refractivity contribution in [2.24, 2.45) is 0 Å². The summed E-state index contributed by atoms with van der Waals surface area (Å²) in [6.45, 7) is 3.75. The first-order chi connectivity index (χ1) is 6.10. The van der Waals surface area contributed by atoms with Crippen LogP contribution in [0.15, 0.2) is 0 Å². The third kappa shape index (κ3) is 6.90. The largest absolute Gasteiger partial charge is 0.451 e. The van der Waals surface area contributed by atoms with E-state index in [4.69, 9.17) is 16.3 Å². The first kappa shape index (κ1) is 12.8. The summed E-state index contributed by atoms with van der Waals surface area (Å²) in [6, 6.07) is 0. The molecule has 0 spiro atoms. The van der Waals surface area contributed by atoms with Crippen molar-refractivity contribution < 1.29 is 14.3 Å². The Bertz CT molecular complexity index is 184. The van der Waals surface area contributed by atoms with Gasteiger partial charge in [-0.05, 0) is 12.7 Å². The van der Waals surface area contributed by atoms with Crippen molar-refractivity contribution in [1.29, 1.82) is 0 Å². The summed E-state index contributed by atoms with van der Waals surface area (Å²) in [4.78, 5) is 21.7. The molecule has 0 saturated heterocycles. The Morgan fingerprint density at radius 3 is 2.62 bits per heavy atom. The zero-order valence-electron chi connectivity index (χ0n) is 7.71. The second kappa shape index (κ2) is 7.21. The molecule has 1 atom stereocenters. The molecule has 0 aliphatic rings. The Kier molecular flexibility index (Phi) is 7.09. The highest BCUT2D eigenvalue weighted by Gasteiger charge is 2.12. The number of thioether (sulfide) groups is 1. The molecule has 0 rings (SSSR count). The van der Waals surface area contributed by atoms with Crippen molar-refractivity contribution in [3.05, 3.63) is 0 Å². The van der Waals surface area contributed by atoms with Crippen molar-refractivity contribution in [2.75, 3.05) is 11.6 Å². The van der Waals surface area contributed by atoms with E-state index in [-0.39, 0.29) is 23.5 Å². The molecule has 13 heavy (non-hydrogen) atoms. The van der Waals surface area contributed by atoms with Gasteiger partial charge in [-0.3, -0.25) is 9.59 Å². The molecule has 3 nitrogen and oxygen atoms in total. The van der Waals surface area contributed by atoms with Crippen LogP contribution in [0.1, 0.15) is 20.3 Å². The van der Waals surface area contributed by atoms with Crippen LogP contribution >= 0.6 is 23.4 Å². The summed E-state index contributed by atoms with van der Waals surface area (Å²) in [5, 5.41) is 0. The molecule has 0 N–H and O–H groups in total. The topological polar surface area (TPSA) is 43.4 Å². The highest BCUT2D eigenvalue weighted by Crippen LogP contribution is 2.11. The van der Waals surface area contributed by atoms with Crippen LogP contribution in [0.4, 0.5) is 0 Å². The van der Waals surface area contributed by atoms with Gasteiger partial charge in [0.25, 0.3) is 0 Å². The highest BCUT2D eigenvalue weighted by molar-refractivity contribution is 7.99. The van der Waals surface area contributed by atoms with Gasteiger partial charge in [-0.2, -0.15) is 0 Å². The molecule has 0 bridgehead atoms. The molecule has 0 radical (unpaired) electrons. The Hall–Kier alpha value is -0.220. The maximum Gasteiger partial charge on any atom is 0.314 e. The number of ketones is 1. The van der Waals surface area contributed by atoms with Gasteiger partial charge in [0.05, 0.1) is 5.88 Å². The predicted molar refractivity (Wildman–Crippen MR) is 54.0 cm³/mol. The number of carbonyl (C=O) groups excluding carboxylic acids is 2. The Labute approximate surface area is 87.2 Å². The number of hydrogen-bond donors (Lipinski definition) is 0. The number of alkyl halides is 1. The molecular formula is C8H13ClO3S. The van der Waals surface area contributed by atoms with Crippen molar-refractivity contribution in [1.82, 2.24) is 0 Å². The summed E-state index contributed by atoms with van der Waals surface area (Å²) in [6.07, 6.45) is -0.224. The first-order valence-electron chi connectivity index (χ1n) is 3.98. The highest BCUT2D eigenvalue weighted by atomic mass is 35.5. The van der Waals surface area contributed by atoms with Crippen LogP contribution in [0.5, 0.6) is 0 Å². The van der Waals surface area contributed by atoms with Crippen molar-refractivity contribution in [2.45, 2.75) is 25.7 Å². The minimum Gasteiger partial charge on any atom is -0.451 e. The first-order valence-corrected chi connectivity index (χ1v) is 5.57. The van der Waals surface area contributed by atoms with E-state index in [0.29, 0.717) is 0 Å². The summed E-state index contributed by atoms with van der Waals surface area (Å²) < 4.78 is 4.91. The molecule has 5 heteroatoms. The maximum absolute atomic E-state index is 11.0. The van der Waals surface area contributed by atoms with Crippen molar-refractivity contribution >= 4 is 35.1 Å². The standard InChI is InChI=1S/C8H13ClO3S/c1-3-13-6(2)12-8(11)4-7(10)5-9/h6H,3-5H2,1-2H3. The summed E-state index contributed by atoms with van der Waals surface area (Å²) in [7, 11) is 0. The average Bonchev–Trinajstić information content (AvgIpc) is 2.04. The maximum atomic E-state index is 11.0. The van der Waals surface area contributed by atoms with Gasteiger partial charge < -0.3 is 4.74 Å². The lowest BCUT2D eigenvalue weighted by Crippen LogP contribution is -2.16. The summed E-state index contributed by atoms with van der Waals surface area (Å²) in [5.74, 6) is -0.0677. The molecule has 76 valence electrons. The lowest BCUT2D eigenvalue weighted by atomic mass is 10.3. The van der Waals surface area contributed by atoms with E-state index in [9.17, 15) is 9.59 Å². The van der Waals surface area contributed by atoms with Gasteiger partial charge in [0.1, 0.15) is 11.9 Å². The number of rotatable bonds is 6. The predicted octanol–water partition coefficient (Wildman–Crippen LogP) is 1.83. The van der Waals surface area contributed by atoms with Crippen LogP contribution in [0.25, 0.3) is 0 Å². The van der Waals surface area contributed by atoms with E-state index < -0.39 is 5.97 Å². The molecule has 0 aromatic rings. The minimum atomic E-state index is -0.501. The fraction of sp³-hybridized carbons (Fsp3) is 0.750. The smallest absolute Gasteiger partial charge is 0.314 e. The number of carbonyl (C=O) groups is 2. The van der Waals surface area contributed by atoms with Crippen molar-refractivity contribution in [3.63, 3.8) is 0 Å². The Morgan fingerprint density at radius 2 is 2.15 bits per heavy atom. The minimum absolute atomic E-state index is 0.135. The second-order valence-electron chi connectivity index (χ2n) is 2.36. The normalized spacial score (nSPS) is 12.2. The van der Waals surface area contributed by atoms with E-state index >= 15 is 0 Å². The molecule has 0 aromatic heterocycles. The fourth-order valence-electron chi connectivity index (χ4n) is 0.704. The fourth-order valence-corrected chi connectivity index (χ4v) is 1.44. The number of ether oxygens (including phenoxy) is 1. The molecule has 0 fully saturated rings. The van der Waals surface area contributed by atoms with Crippen LogP contribution in [0.3, 0.4) is 0 Å². The van der Waals surface area contributed by atoms with E-state index in [2.05, 4.69) is 0 Å². The summed E-state index contributed by atoms with van der Waals surface area (Å²) in [5.41, 5.74) is -0.194. The van der Waals surface area contributed by atoms with Gasteiger partial charge in [0.2, 0.25) is 0 Å². The number of halogens is 1. The Balaban J connectivity index is 3.67.